The van der Waals surface area contributed by atoms with Crippen molar-refractivity contribution in [2.24, 2.45) is 11.8 Å². The number of carbonyl (C=O) groups excluding carboxylic acids is 1. The van der Waals surface area contributed by atoms with Gasteiger partial charge in [-0.3, -0.25) is 10.1 Å². The van der Waals surface area contributed by atoms with Crippen LogP contribution in [0.3, 0.4) is 0 Å². The Morgan fingerprint density at radius 2 is 1.90 bits per heavy atom. The molecule has 1 fully saturated rings. The lowest BCUT2D eigenvalue weighted by Crippen LogP contribution is -2.53. The molecular weight excluding hydrogens is 264 g/mol. The maximum atomic E-state index is 12.1. The van der Waals surface area contributed by atoms with Gasteiger partial charge in [-0.15, -0.1) is 0 Å². The van der Waals surface area contributed by atoms with Gasteiger partial charge in [0.2, 0.25) is 0 Å². The zero-order valence-corrected chi connectivity index (χ0v) is 14.7. The second-order valence-electron chi connectivity index (χ2n) is 7.43. The first kappa shape index (κ1) is 18.4. The largest absolute Gasteiger partial charge is 0.468 e. The van der Waals surface area contributed by atoms with Gasteiger partial charge in [0.25, 0.3) is 0 Å². The summed E-state index contributed by atoms with van der Waals surface area (Å²) >= 11 is 0. The normalized spacial score (nSPS) is 26.6. The fourth-order valence-corrected chi connectivity index (χ4v) is 3.73. The minimum absolute atomic E-state index is 0.156. The molecule has 1 aliphatic heterocycles. The third-order valence-electron chi connectivity index (χ3n) is 4.34. The van der Waals surface area contributed by atoms with Crippen LogP contribution in [0.5, 0.6) is 0 Å². The van der Waals surface area contributed by atoms with Gasteiger partial charge >= 0.3 is 5.97 Å². The van der Waals surface area contributed by atoms with Crippen LogP contribution in [-0.4, -0.2) is 49.2 Å². The minimum atomic E-state index is -0.573. The highest BCUT2D eigenvalue weighted by atomic mass is 16.5. The highest BCUT2D eigenvalue weighted by Crippen LogP contribution is 2.22. The van der Waals surface area contributed by atoms with Crippen LogP contribution in [0.2, 0.25) is 0 Å². The summed E-state index contributed by atoms with van der Waals surface area (Å²) in [5, 5.41) is 3.37. The van der Waals surface area contributed by atoms with Crippen LogP contribution >= 0.6 is 0 Å². The monoisotopic (exact) mass is 298 g/mol. The van der Waals surface area contributed by atoms with Crippen LogP contribution in [0, 0.1) is 11.8 Å². The molecule has 1 aliphatic rings. The van der Waals surface area contributed by atoms with E-state index in [1.165, 1.54) is 26.6 Å². The number of hydrogen-bond donors (Lipinski definition) is 1. The number of hydrogen-bond acceptors (Lipinski definition) is 4. The predicted molar refractivity (Wildman–Crippen MR) is 87.3 cm³/mol. The molecule has 0 aromatic rings. The Hall–Kier alpha value is -0.610. The van der Waals surface area contributed by atoms with Gasteiger partial charge in [-0.25, -0.2) is 0 Å². The summed E-state index contributed by atoms with van der Waals surface area (Å²) in [6, 6.07) is 0.268. The zero-order chi connectivity index (χ0) is 16.0. The van der Waals surface area contributed by atoms with E-state index in [4.69, 9.17) is 4.74 Å². The lowest BCUT2D eigenvalue weighted by Gasteiger charge is -2.36. The summed E-state index contributed by atoms with van der Waals surface area (Å²) in [4.78, 5) is 14.6. The summed E-state index contributed by atoms with van der Waals surface area (Å²) < 4.78 is 4.98. The smallest absolute Gasteiger partial charge is 0.325 e. The van der Waals surface area contributed by atoms with Crippen LogP contribution in [0.1, 0.15) is 53.9 Å². The SMILES string of the molecule is COC(=O)C(C)(CCCN1CC(C)CC(C)C1)NC(C)C. The van der Waals surface area contributed by atoms with Crippen LogP contribution in [0.25, 0.3) is 0 Å². The van der Waals surface area contributed by atoms with Crippen molar-refractivity contribution in [3.63, 3.8) is 0 Å². The summed E-state index contributed by atoms with van der Waals surface area (Å²) in [6.45, 7) is 14.2. The molecular formula is C17H34N2O2. The molecule has 3 atom stereocenters. The first-order chi connectivity index (χ1) is 9.76. The maximum absolute atomic E-state index is 12.1. The summed E-state index contributed by atoms with van der Waals surface area (Å²) in [6.07, 6.45) is 3.17. The summed E-state index contributed by atoms with van der Waals surface area (Å²) in [5.74, 6) is 1.42. The molecule has 1 heterocycles. The number of likely N-dealkylation sites (tertiary alicyclic amines) is 1. The molecule has 0 amide bonds. The van der Waals surface area contributed by atoms with E-state index in [0.29, 0.717) is 0 Å². The molecule has 3 unspecified atom stereocenters. The van der Waals surface area contributed by atoms with Crippen molar-refractivity contribution >= 4 is 5.97 Å². The molecule has 124 valence electrons. The van der Waals surface area contributed by atoms with Crippen molar-refractivity contribution in [3.8, 4) is 0 Å². The van der Waals surface area contributed by atoms with Crippen LogP contribution < -0.4 is 5.32 Å². The van der Waals surface area contributed by atoms with Crippen LogP contribution in [0.4, 0.5) is 0 Å². The minimum Gasteiger partial charge on any atom is -0.468 e. The lowest BCUT2D eigenvalue weighted by molar-refractivity contribution is -0.148. The Balaban J connectivity index is 2.48. The van der Waals surface area contributed by atoms with Gasteiger partial charge in [0.15, 0.2) is 0 Å². The van der Waals surface area contributed by atoms with E-state index in [1.807, 2.05) is 6.92 Å². The van der Waals surface area contributed by atoms with Crippen molar-refractivity contribution in [1.29, 1.82) is 0 Å². The van der Waals surface area contributed by atoms with Crippen molar-refractivity contribution in [2.45, 2.75) is 65.5 Å². The fourth-order valence-electron chi connectivity index (χ4n) is 3.73. The first-order valence-electron chi connectivity index (χ1n) is 8.35. The number of ether oxygens (including phenoxy) is 1. The first-order valence-corrected chi connectivity index (χ1v) is 8.35. The van der Waals surface area contributed by atoms with E-state index < -0.39 is 5.54 Å². The van der Waals surface area contributed by atoms with E-state index in [2.05, 4.69) is 37.9 Å². The average Bonchev–Trinajstić information content (AvgIpc) is 2.35. The number of nitrogens with one attached hydrogen (secondary N) is 1. The van der Waals surface area contributed by atoms with Crippen molar-refractivity contribution in [3.05, 3.63) is 0 Å². The molecule has 0 aromatic carbocycles. The number of carbonyl (C=O) groups is 1. The predicted octanol–water partition coefficient (Wildman–Crippen LogP) is 2.67. The van der Waals surface area contributed by atoms with E-state index >= 15 is 0 Å². The topological polar surface area (TPSA) is 41.6 Å². The number of esters is 1. The Morgan fingerprint density at radius 1 is 1.33 bits per heavy atom. The Labute approximate surface area is 130 Å². The van der Waals surface area contributed by atoms with Crippen molar-refractivity contribution < 1.29 is 9.53 Å². The van der Waals surface area contributed by atoms with Crippen molar-refractivity contribution in [2.75, 3.05) is 26.7 Å². The van der Waals surface area contributed by atoms with Gasteiger partial charge in [0.05, 0.1) is 7.11 Å². The number of rotatable bonds is 7. The summed E-state index contributed by atoms with van der Waals surface area (Å²) in [7, 11) is 1.47. The molecule has 0 bridgehead atoms. The van der Waals surface area contributed by atoms with Gasteiger partial charge in [-0.05, 0) is 58.4 Å². The maximum Gasteiger partial charge on any atom is 0.325 e. The molecule has 0 aliphatic carbocycles. The second-order valence-corrected chi connectivity index (χ2v) is 7.43. The zero-order valence-electron chi connectivity index (χ0n) is 14.7. The molecule has 0 aromatic heterocycles. The number of nitrogens with zero attached hydrogens (tertiary/aromatic N) is 1. The van der Waals surface area contributed by atoms with E-state index in [0.717, 1.165) is 31.2 Å². The second kappa shape index (κ2) is 8.14. The van der Waals surface area contributed by atoms with Crippen LogP contribution in [-0.2, 0) is 9.53 Å². The van der Waals surface area contributed by atoms with E-state index in [9.17, 15) is 4.79 Å². The Morgan fingerprint density at radius 3 is 2.38 bits per heavy atom. The quantitative estimate of drug-likeness (QED) is 0.734. The molecule has 0 spiro atoms. The third-order valence-corrected chi connectivity index (χ3v) is 4.34. The van der Waals surface area contributed by atoms with Gasteiger partial charge in [0, 0.05) is 19.1 Å². The molecule has 4 heteroatoms. The lowest BCUT2D eigenvalue weighted by atomic mass is 9.91. The molecule has 1 rings (SSSR count). The molecule has 4 nitrogen and oxygen atoms in total. The molecule has 1 saturated heterocycles. The molecule has 0 saturated carbocycles. The molecule has 1 N–H and O–H groups in total. The number of methoxy groups -OCH3 is 1. The average molecular weight is 298 g/mol. The molecule has 0 radical (unpaired) electrons. The van der Waals surface area contributed by atoms with E-state index in [-0.39, 0.29) is 12.0 Å². The van der Waals surface area contributed by atoms with Crippen LogP contribution in [0.15, 0.2) is 0 Å². The third kappa shape index (κ3) is 5.95. The van der Waals surface area contributed by atoms with E-state index in [1.54, 1.807) is 0 Å². The number of piperidine rings is 1. The highest BCUT2D eigenvalue weighted by Gasteiger charge is 2.34. The van der Waals surface area contributed by atoms with Gasteiger partial charge in [-0.2, -0.15) is 0 Å². The molecule has 21 heavy (non-hydrogen) atoms. The highest BCUT2D eigenvalue weighted by molar-refractivity contribution is 5.80. The standard InChI is InChI=1S/C17H34N2O2/c1-13(2)18-17(5,16(20)21-6)8-7-9-19-11-14(3)10-15(4)12-19/h13-15,18H,7-12H2,1-6H3. The Kier molecular flexibility index (Phi) is 7.14. The van der Waals surface area contributed by atoms with Gasteiger partial charge in [-0.1, -0.05) is 13.8 Å². The van der Waals surface area contributed by atoms with Crippen molar-refractivity contribution in [1.82, 2.24) is 10.2 Å². The Bertz CT molecular complexity index is 323. The van der Waals surface area contributed by atoms with Gasteiger partial charge in [0.1, 0.15) is 5.54 Å². The summed E-state index contributed by atoms with van der Waals surface area (Å²) in [5.41, 5.74) is -0.573. The van der Waals surface area contributed by atoms with Gasteiger partial charge < -0.3 is 9.64 Å². The fraction of sp³-hybridized carbons (Fsp3) is 0.941.